The van der Waals surface area contributed by atoms with Crippen LogP contribution in [0.2, 0.25) is 0 Å². The lowest BCUT2D eigenvalue weighted by Crippen LogP contribution is -2.21. The summed E-state index contributed by atoms with van der Waals surface area (Å²) in [4.78, 5) is 26.5. The van der Waals surface area contributed by atoms with Gasteiger partial charge in [-0.2, -0.15) is 0 Å². The number of amides is 2. The number of hydrogen-bond donors (Lipinski definition) is 2. The number of carbonyl (C=O) groups excluding carboxylic acids is 2. The molecular weight excluding hydrogens is 348 g/mol. The molecule has 0 saturated heterocycles. The predicted molar refractivity (Wildman–Crippen MR) is 105 cm³/mol. The van der Waals surface area contributed by atoms with Gasteiger partial charge in [-0.1, -0.05) is 26.0 Å². The molecule has 0 spiro atoms. The highest BCUT2D eigenvalue weighted by Crippen LogP contribution is 2.39. The summed E-state index contributed by atoms with van der Waals surface area (Å²) >= 11 is 1.53. The molecule has 1 aromatic carbocycles. The third-order valence-corrected chi connectivity index (χ3v) is 5.72. The Morgan fingerprint density at radius 1 is 1.12 bits per heavy atom. The van der Waals surface area contributed by atoms with Gasteiger partial charge in [0.25, 0.3) is 5.91 Å². The normalized spacial score (nSPS) is 13.2. The first-order valence-electron chi connectivity index (χ1n) is 8.91. The molecule has 2 amide bonds. The van der Waals surface area contributed by atoms with E-state index in [1.165, 1.54) is 16.2 Å². The smallest absolute Gasteiger partial charge is 0.259 e. The van der Waals surface area contributed by atoms with Gasteiger partial charge in [0.1, 0.15) is 10.8 Å². The summed E-state index contributed by atoms with van der Waals surface area (Å²) in [7, 11) is 1.58. The summed E-state index contributed by atoms with van der Waals surface area (Å²) < 4.78 is 5.32. The molecule has 138 valence electrons. The van der Waals surface area contributed by atoms with Crippen LogP contribution in [0.3, 0.4) is 0 Å². The predicted octanol–water partition coefficient (Wildman–Crippen LogP) is 4.48. The van der Waals surface area contributed by atoms with Crippen LogP contribution >= 0.6 is 11.3 Å². The molecular formula is C20H24N2O3S. The molecule has 0 atom stereocenters. The fourth-order valence-corrected chi connectivity index (χ4v) is 4.37. The second-order valence-electron chi connectivity index (χ2n) is 6.71. The maximum Gasteiger partial charge on any atom is 0.259 e. The fraction of sp³-hybridized carbons (Fsp3) is 0.400. The first kappa shape index (κ1) is 18.5. The lowest BCUT2D eigenvalue weighted by molar-refractivity contribution is -0.118. The van der Waals surface area contributed by atoms with Gasteiger partial charge < -0.3 is 15.4 Å². The van der Waals surface area contributed by atoms with Crippen molar-refractivity contribution in [3.05, 3.63) is 40.3 Å². The lowest BCUT2D eigenvalue weighted by Gasteiger charge is -2.14. The Labute approximate surface area is 157 Å². The van der Waals surface area contributed by atoms with Crippen molar-refractivity contribution in [2.75, 3.05) is 17.7 Å². The molecule has 1 heterocycles. The Bertz CT molecular complexity index is 826. The molecule has 6 heteroatoms. The average Bonchev–Trinajstić information content (AvgIpc) is 2.99. The molecule has 0 aliphatic heterocycles. The van der Waals surface area contributed by atoms with E-state index in [0.29, 0.717) is 22.0 Å². The second kappa shape index (κ2) is 7.91. The number of aryl methyl sites for hydroxylation is 1. The zero-order chi connectivity index (χ0) is 18.7. The third kappa shape index (κ3) is 3.75. The summed E-state index contributed by atoms with van der Waals surface area (Å²) in [6.45, 7) is 3.69. The van der Waals surface area contributed by atoms with E-state index < -0.39 is 0 Å². The number of hydrogen-bond acceptors (Lipinski definition) is 4. The quantitative estimate of drug-likeness (QED) is 0.813. The van der Waals surface area contributed by atoms with Crippen molar-refractivity contribution in [2.24, 2.45) is 5.92 Å². The minimum absolute atomic E-state index is 0.0741. The largest absolute Gasteiger partial charge is 0.495 e. The van der Waals surface area contributed by atoms with Crippen molar-refractivity contribution in [3.63, 3.8) is 0 Å². The highest BCUT2D eigenvalue weighted by atomic mass is 32.1. The summed E-state index contributed by atoms with van der Waals surface area (Å²) in [5.41, 5.74) is 2.30. The first-order valence-corrected chi connectivity index (χ1v) is 9.72. The summed E-state index contributed by atoms with van der Waals surface area (Å²) in [6, 6.07) is 7.32. The minimum atomic E-state index is -0.201. The molecule has 0 fully saturated rings. The van der Waals surface area contributed by atoms with Crippen LogP contribution in [-0.2, 0) is 17.6 Å². The second-order valence-corrected chi connectivity index (χ2v) is 7.82. The van der Waals surface area contributed by atoms with E-state index in [1.807, 2.05) is 32.0 Å². The number of ether oxygens (including phenoxy) is 1. The van der Waals surface area contributed by atoms with Crippen molar-refractivity contribution in [3.8, 4) is 5.75 Å². The van der Waals surface area contributed by atoms with E-state index >= 15 is 0 Å². The van der Waals surface area contributed by atoms with Crippen molar-refractivity contribution in [1.29, 1.82) is 0 Å². The van der Waals surface area contributed by atoms with Crippen LogP contribution in [0.5, 0.6) is 5.75 Å². The molecule has 1 aliphatic carbocycles. The van der Waals surface area contributed by atoms with Gasteiger partial charge in [0.15, 0.2) is 0 Å². The maximum atomic E-state index is 13.1. The van der Waals surface area contributed by atoms with Crippen molar-refractivity contribution in [1.82, 2.24) is 0 Å². The summed E-state index contributed by atoms with van der Waals surface area (Å²) in [5.74, 6) is 0.194. The Morgan fingerprint density at radius 2 is 1.85 bits per heavy atom. The molecule has 0 unspecified atom stereocenters. The van der Waals surface area contributed by atoms with Gasteiger partial charge in [0, 0.05) is 10.8 Å². The van der Waals surface area contributed by atoms with Gasteiger partial charge >= 0.3 is 0 Å². The molecule has 2 N–H and O–H groups in total. The van der Waals surface area contributed by atoms with Crippen LogP contribution in [-0.4, -0.2) is 18.9 Å². The average molecular weight is 372 g/mol. The number of para-hydroxylation sites is 2. The van der Waals surface area contributed by atoms with Gasteiger partial charge in [-0.3, -0.25) is 9.59 Å². The molecule has 0 bridgehead atoms. The number of anilines is 2. The van der Waals surface area contributed by atoms with Gasteiger partial charge in [0.2, 0.25) is 5.91 Å². The molecule has 2 aromatic rings. The monoisotopic (exact) mass is 372 g/mol. The van der Waals surface area contributed by atoms with Crippen LogP contribution in [0.4, 0.5) is 10.7 Å². The van der Waals surface area contributed by atoms with Gasteiger partial charge in [-0.25, -0.2) is 0 Å². The van der Waals surface area contributed by atoms with Gasteiger partial charge in [-0.15, -0.1) is 11.3 Å². The van der Waals surface area contributed by atoms with Gasteiger partial charge in [0.05, 0.1) is 18.4 Å². The first-order chi connectivity index (χ1) is 12.5. The number of thiophene rings is 1. The Balaban J connectivity index is 1.95. The van der Waals surface area contributed by atoms with Crippen molar-refractivity contribution >= 4 is 33.8 Å². The zero-order valence-corrected chi connectivity index (χ0v) is 16.2. The SMILES string of the molecule is COc1ccccc1NC(=O)c1c(NC(=O)C(C)C)sc2c1CCCC2. The summed E-state index contributed by atoms with van der Waals surface area (Å²) in [5, 5.41) is 6.55. The molecule has 1 aromatic heterocycles. The van der Waals surface area contributed by atoms with E-state index in [-0.39, 0.29) is 17.7 Å². The number of fused-ring (bicyclic) bond motifs is 1. The molecule has 5 nitrogen and oxygen atoms in total. The van der Waals surface area contributed by atoms with E-state index in [9.17, 15) is 9.59 Å². The van der Waals surface area contributed by atoms with E-state index in [1.54, 1.807) is 13.2 Å². The van der Waals surface area contributed by atoms with Crippen molar-refractivity contribution < 1.29 is 14.3 Å². The van der Waals surface area contributed by atoms with E-state index in [2.05, 4.69) is 10.6 Å². The fourth-order valence-electron chi connectivity index (χ4n) is 3.08. The number of rotatable bonds is 5. The highest BCUT2D eigenvalue weighted by molar-refractivity contribution is 7.17. The Morgan fingerprint density at radius 3 is 2.58 bits per heavy atom. The molecule has 1 aliphatic rings. The van der Waals surface area contributed by atoms with Crippen LogP contribution < -0.4 is 15.4 Å². The number of carbonyl (C=O) groups is 2. The standard InChI is InChI=1S/C20H24N2O3S/c1-12(2)18(23)22-20-17(13-8-4-7-11-16(13)26-20)19(24)21-14-9-5-6-10-15(14)25-3/h5-6,9-10,12H,4,7-8,11H2,1-3H3,(H,21,24)(H,22,23). The molecule has 0 radical (unpaired) electrons. The van der Waals surface area contributed by atoms with Crippen LogP contribution in [0.1, 0.15) is 47.5 Å². The highest BCUT2D eigenvalue weighted by Gasteiger charge is 2.27. The lowest BCUT2D eigenvalue weighted by atomic mass is 9.95. The van der Waals surface area contributed by atoms with Crippen LogP contribution in [0.25, 0.3) is 0 Å². The van der Waals surface area contributed by atoms with E-state index in [4.69, 9.17) is 4.74 Å². The third-order valence-electron chi connectivity index (χ3n) is 4.51. The van der Waals surface area contributed by atoms with Crippen molar-refractivity contribution in [2.45, 2.75) is 39.5 Å². The molecule has 26 heavy (non-hydrogen) atoms. The van der Waals surface area contributed by atoms with E-state index in [0.717, 1.165) is 31.2 Å². The minimum Gasteiger partial charge on any atom is -0.495 e. The van der Waals surface area contributed by atoms with Crippen LogP contribution in [0.15, 0.2) is 24.3 Å². The Kier molecular flexibility index (Phi) is 5.61. The molecule has 0 saturated carbocycles. The maximum absolute atomic E-state index is 13.1. The number of nitrogens with one attached hydrogen (secondary N) is 2. The topological polar surface area (TPSA) is 67.4 Å². The summed E-state index contributed by atoms with van der Waals surface area (Å²) in [6.07, 6.45) is 4.03. The number of methoxy groups -OCH3 is 1. The zero-order valence-electron chi connectivity index (χ0n) is 15.3. The molecule has 3 rings (SSSR count). The van der Waals surface area contributed by atoms with Gasteiger partial charge in [-0.05, 0) is 43.4 Å². The van der Waals surface area contributed by atoms with Crippen LogP contribution in [0, 0.1) is 5.92 Å². The number of benzene rings is 1. The Hall–Kier alpha value is -2.34.